The first-order valence-electron chi connectivity index (χ1n) is 10.0. The third-order valence-electron chi connectivity index (χ3n) is 5.48. The van der Waals surface area contributed by atoms with Crippen molar-refractivity contribution in [1.82, 2.24) is 24.8 Å². The topological polar surface area (TPSA) is 110 Å². The molecule has 3 N–H and O–H groups in total. The van der Waals surface area contributed by atoms with Gasteiger partial charge in [-0.15, -0.1) is 0 Å². The Kier molecular flexibility index (Phi) is 4.54. The number of fused-ring (bicyclic) bond motifs is 2. The first kappa shape index (κ1) is 19.0. The maximum atomic E-state index is 12.3. The van der Waals surface area contributed by atoms with Gasteiger partial charge in [0, 0.05) is 31.4 Å². The molecule has 0 saturated carbocycles. The number of aromatic amines is 1. The molecular weight excluding hydrogens is 392 g/mol. The van der Waals surface area contributed by atoms with E-state index in [0.717, 1.165) is 45.8 Å². The van der Waals surface area contributed by atoms with Crippen LogP contribution in [-0.2, 0) is 6.42 Å². The van der Waals surface area contributed by atoms with Crippen LogP contribution in [0, 0.1) is 0 Å². The second-order valence-electron chi connectivity index (χ2n) is 7.89. The molecule has 1 atom stereocenters. The Labute approximate surface area is 179 Å². The predicted octanol–water partition coefficient (Wildman–Crippen LogP) is 3.02. The van der Waals surface area contributed by atoms with Gasteiger partial charge < -0.3 is 20.4 Å². The van der Waals surface area contributed by atoms with E-state index in [-0.39, 0.29) is 17.8 Å². The first-order chi connectivity index (χ1) is 15.0. The number of rotatable bonds is 3. The molecule has 2 aromatic carbocycles. The Bertz CT molecular complexity index is 1300. The van der Waals surface area contributed by atoms with Crippen molar-refractivity contribution in [3.05, 3.63) is 65.6 Å². The summed E-state index contributed by atoms with van der Waals surface area (Å²) in [6.07, 6.45) is 2.39. The molecule has 0 radical (unpaired) electrons. The van der Waals surface area contributed by atoms with Gasteiger partial charge >= 0.3 is 0 Å². The van der Waals surface area contributed by atoms with Crippen LogP contribution in [0.3, 0.4) is 0 Å². The number of carbonyl (C=O) groups is 1. The van der Waals surface area contributed by atoms with Gasteiger partial charge in [-0.25, -0.2) is 15.0 Å². The van der Waals surface area contributed by atoms with Crippen LogP contribution in [0.15, 0.2) is 48.7 Å². The van der Waals surface area contributed by atoms with Crippen LogP contribution in [0.4, 0.5) is 5.95 Å². The lowest BCUT2D eigenvalue weighted by molar-refractivity contribution is 0.0827. The molecule has 4 aromatic rings. The number of imidazole rings is 1. The number of benzene rings is 2. The highest BCUT2D eigenvalue weighted by Crippen LogP contribution is 2.33. The van der Waals surface area contributed by atoms with Crippen LogP contribution >= 0.6 is 0 Å². The number of nitrogens with one attached hydrogen (secondary N) is 1. The van der Waals surface area contributed by atoms with Crippen LogP contribution in [0.1, 0.15) is 27.7 Å². The maximum absolute atomic E-state index is 12.3. The largest absolute Gasteiger partial charge is 0.493 e. The maximum Gasteiger partial charge on any atom is 0.253 e. The van der Waals surface area contributed by atoms with Crippen molar-refractivity contribution in [2.45, 2.75) is 12.3 Å². The molecule has 8 nitrogen and oxygen atoms in total. The lowest BCUT2D eigenvalue weighted by Gasteiger charge is -2.24. The summed E-state index contributed by atoms with van der Waals surface area (Å²) in [6.45, 7) is 0.531. The minimum Gasteiger partial charge on any atom is -0.493 e. The van der Waals surface area contributed by atoms with Gasteiger partial charge in [0.15, 0.2) is 0 Å². The van der Waals surface area contributed by atoms with E-state index in [4.69, 9.17) is 15.5 Å². The highest BCUT2D eigenvalue weighted by molar-refractivity contribution is 5.94. The number of aromatic nitrogens is 4. The predicted molar refractivity (Wildman–Crippen MR) is 118 cm³/mol. The number of nitrogens with zero attached hydrogens (tertiary/aromatic N) is 4. The Morgan fingerprint density at radius 2 is 2.03 bits per heavy atom. The molecule has 0 bridgehead atoms. The average Bonchev–Trinajstić information content (AvgIpc) is 3.21. The van der Waals surface area contributed by atoms with E-state index in [2.05, 4.69) is 15.0 Å². The standard InChI is InChI=1S/C23H22N6O2/c1-29(2)22(30)14-4-6-20-15(9-14)10-16(12-31-20)21-26-18-5-3-13(11-19(18)27-21)17-7-8-25-23(24)28-17/h3-9,11,16H,10,12H2,1-2H3,(H,26,27)(H2,24,25,28). The van der Waals surface area contributed by atoms with Crippen LogP contribution in [0.25, 0.3) is 22.3 Å². The highest BCUT2D eigenvalue weighted by atomic mass is 16.5. The van der Waals surface area contributed by atoms with Gasteiger partial charge in [-0.2, -0.15) is 0 Å². The second kappa shape index (κ2) is 7.39. The Hall–Kier alpha value is -3.94. The Morgan fingerprint density at radius 3 is 2.84 bits per heavy atom. The number of H-pyrrole nitrogens is 1. The van der Waals surface area contributed by atoms with Crippen molar-refractivity contribution < 1.29 is 9.53 Å². The molecule has 3 heterocycles. The van der Waals surface area contributed by atoms with Crippen LogP contribution in [0.2, 0.25) is 0 Å². The number of ether oxygens (including phenoxy) is 1. The quantitative estimate of drug-likeness (QED) is 0.533. The van der Waals surface area contributed by atoms with Gasteiger partial charge in [0.1, 0.15) is 11.6 Å². The number of nitrogen functional groups attached to an aromatic ring is 1. The van der Waals surface area contributed by atoms with E-state index < -0.39 is 0 Å². The molecule has 1 aliphatic heterocycles. The second-order valence-corrected chi connectivity index (χ2v) is 7.89. The van der Waals surface area contributed by atoms with E-state index in [9.17, 15) is 4.79 Å². The van der Waals surface area contributed by atoms with Crippen LogP contribution in [-0.4, -0.2) is 51.4 Å². The summed E-state index contributed by atoms with van der Waals surface area (Å²) in [7, 11) is 3.50. The monoisotopic (exact) mass is 414 g/mol. The van der Waals surface area contributed by atoms with Gasteiger partial charge in [0.25, 0.3) is 5.91 Å². The van der Waals surface area contributed by atoms with Crippen LogP contribution < -0.4 is 10.5 Å². The summed E-state index contributed by atoms with van der Waals surface area (Å²) >= 11 is 0. The molecule has 1 aliphatic rings. The van der Waals surface area contributed by atoms with Gasteiger partial charge in [0.05, 0.1) is 29.3 Å². The summed E-state index contributed by atoms with van der Waals surface area (Å²) in [4.78, 5) is 30.4. The van der Waals surface area contributed by atoms with Gasteiger partial charge in [0.2, 0.25) is 5.95 Å². The number of amides is 1. The number of hydrogen-bond donors (Lipinski definition) is 2. The molecule has 0 spiro atoms. The Morgan fingerprint density at radius 1 is 1.16 bits per heavy atom. The summed E-state index contributed by atoms with van der Waals surface area (Å²) in [5.41, 5.74) is 10.9. The Balaban J connectivity index is 1.44. The van der Waals surface area contributed by atoms with Crippen molar-refractivity contribution in [3.63, 3.8) is 0 Å². The zero-order chi connectivity index (χ0) is 21.5. The molecule has 0 fully saturated rings. The minimum absolute atomic E-state index is 0.0217. The van der Waals surface area contributed by atoms with Gasteiger partial charge in [-0.3, -0.25) is 4.79 Å². The molecule has 31 heavy (non-hydrogen) atoms. The van der Waals surface area contributed by atoms with E-state index in [1.54, 1.807) is 25.2 Å². The van der Waals surface area contributed by atoms with E-state index in [1.807, 2.05) is 42.5 Å². The van der Waals surface area contributed by atoms with Crippen molar-refractivity contribution in [2.24, 2.45) is 0 Å². The highest BCUT2D eigenvalue weighted by Gasteiger charge is 2.25. The average molecular weight is 414 g/mol. The fourth-order valence-electron chi connectivity index (χ4n) is 3.87. The van der Waals surface area contributed by atoms with Crippen molar-refractivity contribution in [3.8, 4) is 17.0 Å². The molecule has 2 aromatic heterocycles. The third kappa shape index (κ3) is 3.56. The molecule has 1 unspecified atom stereocenters. The first-order valence-corrected chi connectivity index (χ1v) is 10.0. The smallest absolute Gasteiger partial charge is 0.253 e. The van der Waals surface area contributed by atoms with Crippen LogP contribution in [0.5, 0.6) is 5.75 Å². The molecule has 5 rings (SSSR count). The summed E-state index contributed by atoms with van der Waals surface area (Å²) < 4.78 is 5.97. The summed E-state index contributed by atoms with van der Waals surface area (Å²) in [5, 5.41) is 0. The van der Waals surface area contributed by atoms with E-state index in [1.165, 1.54) is 0 Å². The van der Waals surface area contributed by atoms with Crippen molar-refractivity contribution in [2.75, 3.05) is 26.4 Å². The van der Waals surface area contributed by atoms with E-state index >= 15 is 0 Å². The van der Waals surface area contributed by atoms with Crippen molar-refractivity contribution in [1.29, 1.82) is 0 Å². The zero-order valence-electron chi connectivity index (χ0n) is 17.3. The summed E-state index contributed by atoms with van der Waals surface area (Å²) in [6, 6.07) is 13.4. The minimum atomic E-state index is -0.0217. The molecular formula is C23H22N6O2. The normalized spacial score (nSPS) is 15.4. The third-order valence-corrected chi connectivity index (χ3v) is 5.48. The van der Waals surface area contributed by atoms with E-state index in [0.29, 0.717) is 12.2 Å². The van der Waals surface area contributed by atoms with Crippen molar-refractivity contribution >= 4 is 22.9 Å². The molecule has 0 saturated heterocycles. The SMILES string of the molecule is CN(C)C(=O)c1ccc2c(c1)CC(c1nc3cc(-c4ccnc(N)n4)ccc3[nH]1)CO2. The van der Waals surface area contributed by atoms with Gasteiger partial charge in [-0.1, -0.05) is 6.07 Å². The lowest BCUT2D eigenvalue weighted by atomic mass is 9.94. The zero-order valence-corrected chi connectivity index (χ0v) is 17.3. The molecule has 1 amide bonds. The molecule has 8 heteroatoms. The van der Waals surface area contributed by atoms with Gasteiger partial charge in [-0.05, 0) is 48.4 Å². The number of nitrogens with two attached hydrogens (primary N) is 1. The molecule has 156 valence electrons. The molecule has 0 aliphatic carbocycles. The fourth-order valence-corrected chi connectivity index (χ4v) is 3.87. The lowest BCUT2D eigenvalue weighted by Crippen LogP contribution is -2.23. The number of hydrogen-bond acceptors (Lipinski definition) is 6. The summed E-state index contributed by atoms with van der Waals surface area (Å²) in [5.74, 6) is 1.98. The fraction of sp³-hybridized carbons (Fsp3) is 0.217. The number of anilines is 1. The number of carbonyl (C=O) groups excluding carboxylic acids is 1.